The second-order valence-electron chi connectivity index (χ2n) is 3.41. The lowest BCUT2D eigenvalue weighted by Gasteiger charge is -1.94. The molecule has 0 aromatic carbocycles. The molecular formula is C11H10S2. The van der Waals surface area contributed by atoms with Gasteiger partial charge in [0.25, 0.3) is 0 Å². The molecule has 0 nitrogen and oxygen atoms in total. The average molecular weight is 206 g/mol. The fourth-order valence-electron chi connectivity index (χ4n) is 1.90. The van der Waals surface area contributed by atoms with Crippen LogP contribution < -0.4 is 0 Å². The van der Waals surface area contributed by atoms with Gasteiger partial charge in [0.05, 0.1) is 0 Å². The topological polar surface area (TPSA) is 0 Å². The standard InChI is InChI=1S/C11H10S2/c1-2-9-4-6-13-11(9)7-10-8(1)3-5-12-10/h3-6H,1-2,7H2. The van der Waals surface area contributed by atoms with Crippen LogP contribution in [-0.2, 0) is 19.3 Å². The van der Waals surface area contributed by atoms with Crippen molar-refractivity contribution < 1.29 is 0 Å². The summed E-state index contributed by atoms with van der Waals surface area (Å²) in [5, 5.41) is 4.45. The van der Waals surface area contributed by atoms with Crippen LogP contribution in [0.15, 0.2) is 22.9 Å². The maximum absolute atomic E-state index is 2.29. The summed E-state index contributed by atoms with van der Waals surface area (Å²) in [5.74, 6) is 0. The van der Waals surface area contributed by atoms with E-state index in [0.29, 0.717) is 0 Å². The number of rotatable bonds is 0. The first kappa shape index (κ1) is 7.77. The molecule has 3 rings (SSSR count). The molecule has 0 bridgehead atoms. The first-order valence-electron chi connectivity index (χ1n) is 4.54. The molecule has 0 saturated carbocycles. The van der Waals surface area contributed by atoms with Gasteiger partial charge in [-0.25, -0.2) is 0 Å². The highest BCUT2D eigenvalue weighted by molar-refractivity contribution is 7.11. The van der Waals surface area contributed by atoms with Crippen molar-refractivity contribution in [3.8, 4) is 0 Å². The van der Waals surface area contributed by atoms with Crippen molar-refractivity contribution >= 4 is 22.7 Å². The van der Waals surface area contributed by atoms with Gasteiger partial charge in [-0.05, 0) is 46.9 Å². The van der Waals surface area contributed by atoms with Gasteiger partial charge in [0.15, 0.2) is 0 Å². The zero-order valence-corrected chi connectivity index (χ0v) is 8.88. The highest BCUT2D eigenvalue weighted by atomic mass is 32.1. The largest absolute Gasteiger partial charge is 0.148 e. The number of fused-ring (bicyclic) bond motifs is 2. The van der Waals surface area contributed by atoms with Crippen molar-refractivity contribution in [2.75, 3.05) is 0 Å². The van der Waals surface area contributed by atoms with Crippen molar-refractivity contribution in [2.45, 2.75) is 19.3 Å². The van der Waals surface area contributed by atoms with Crippen molar-refractivity contribution in [1.82, 2.24) is 0 Å². The molecule has 2 heterocycles. The van der Waals surface area contributed by atoms with Crippen LogP contribution in [0.4, 0.5) is 0 Å². The zero-order chi connectivity index (χ0) is 8.67. The number of thiophene rings is 2. The third-order valence-corrected chi connectivity index (χ3v) is 4.59. The van der Waals surface area contributed by atoms with Gasteiger partial charge in [0.1, 0.15) is 0 Å². The molecule has 0 radical (unpaired) electrons. The summed E-state index contributed by atoms with van der Waals surface area (Å²) in [5.41, 5.74) is 3.15. The van der Waals surface area contributed by atoms with E-state index in [1.165, 1.54) is 19.3 Å². The first-order valence-corrected chi connectivity index (χ1v) is 6.30. The zero-order valence-electron chi connectivity index (χ0n) is 7.25. The molecule has 2 heteroatoms. The van der Waals surface area contributed by atoms with Crippen molar-refractivity contribution in [3.05, 3.63) is 43.8 Å². The quantitative estimate of drug-likeness (QED) is 0.619. The molecule has 0 amide bonds. The Morgan fingerprint density at radius 3 is 1.92 bits per heavy atom. The Balaban J connectivity index is 2.10. The molecule has 0 N–H and O–H groups in total. The molecule has 0 fully saturated rings. The van der Waals surface area contributed by atoms with Crippen molar-refractivity contribution in [1.29, 1.82) is 0 Å². The van der Waals surface area contributed by atoms with E-state index in [9.17, 15) is 0 Å². The summed E-state index contributed by atoms with van der Waals surface area (Å²) in [6, 6.07) is 4.58. The second kappa shape index (κ2) is 2.96. The van der Waals surface area contributed by atoms with E-state index in [0.717, 1.165) is 0 Å². The summed E-state index contributed by atoms with van der Waals surface area (Å²) < 4.78 is 0. The van der Waals surface area contributed by atoms with E-state index < -0.39 is 0 Å². The Labute approximate surface area is 85.9 Å². The van der Waals surface area contributed by atoms with E-state index in [1.54, 1.807) is 20.9 Å². The summed E-state index contributed by atoms with van der Waals surface area (Å²) in [7, 11) is 0. The molecule has 2 aromatic heterocycles. The van der Waals surface area contributed by atoms with Crippen molar-refractivity contribution in [2.24, 2.45) is 0 Å². The van der Waals surface area contributed by atoms with Crippen LogP contribution in [0, 0.1) is 0 Å². The SMILES string of the molecule is c1cc2c(s1)Cc1sccc1CC2. The summed E-state index contributed by atoms with van der Waals surface area (Å²) in [6.07, 6.45) is 3.66. The highest BCUT2D eigenvalue weighted by Crippen LogP contribution is 2.30. The molecule has 0 aliphatic heterocycles. The van der Waals surface area contributed by atoms with Crippen LogP contribution in [0.25, 0.3) is 0 Å². The summed E-state index contributed by atoms with van der Waals surface area (Å²) in [6.45, 7) is 0. The van der Waals surface area contributed by atoms with E-state index in [1.807, 2.05) is 22.7 Å². The van der Waals surface area contributed by atoms with E-state index in [4.69, 9.17) is 0 Å². The Morgan fingerprint density at radius 1 is 0.846 bits per heavy atom. The van der Waals surface area contributed by atoms with E-state index in [2.05, 4.69) is 22.9 Å². The minimum absolute atomic E-state index is 1.18. The number of hydrogen-bond donors (Lipinski definition) is 0. The highest BCUT2D eigenvalue weighted by Gasteiger charge is 2.14. The van der Waals surface area contributed by atoms with Gasteiger partial charge in [0.2, 0.25) is 0 Å². The monoisotopic (exact) mass is 206 g/mol. The van der Waals surface area contributed by atoms with Gasteiger partial charge < -0.3 is 0 Å². The predicted molar refractivity (Wildman–Crippen MR) is 58.9 cm³/mol. The molecule has 0 atom stereocenters. The molecule has 0 spiro atoms. The molecule has 0 saturated heterocycles. The molecule has 0 unspecified atom stereocenters. The van der Waals surface area contributed by atoms with Gasteiger partial charge in [-0.2, -0.15) is 0 Å². The van der Waals surface area contributed by atoms with Crippen LogP contribution in [0.5, 0.6) is 0 Å². The van der Waals surface area contributed by atoms with Gasteiger partial charge in [0, 0.05) is 16.2 Å². The lowest BCUT2D eigenvalue weighted by molar-refractivity contribution is 0.976. The predicted octanol–water partition coefficient (Wildman–Crippen LogP) is 3.50. The lowest BCUT2D eigenvalue weighted by Crippen LogP contribution is -1.85. The number of hydrogen-bond acceptors (Lipinski definition) is 2. The Bertz CT molecular complexity index is 382. The molecule has 66 valence electrons. The minimum atomic E-state index is 1.18. The lowest BCUT2D eigenvalue weighted by atomic mass is 10.1. The summed E-state index contributed by atoms with van der Waals surface area (Å²) in [4.78, 5) is 3.17. The maximum Gasteiger partial charge on any atom is 0.0169 e. The fraction of sp³-hybridized carbons (Fsp3) is 0.273. The average Bonchev–Trinajstić information content (AvgIpc) is 2.72. The van der Waals surface area contributed by atoms with Crippen LogP contribution in [0.1, 0.15) is 20.9 Å². The van der Waals surface area contributed by atoms with Crippen LogP contribution in [-0.4, -0.2) is 0 Å². The second-order valence-corrected chi connectivity index (χ2v) is 5.42. The van der Waals surface area contributed by atoms with Crippen molar-refractivity contribution in [3.63, 3.8) is 0 Å². The Morgan fingerprint density at radius 2 is 1.38 bits per heavy atom. The van der Waals surface area contributed by atoms with Gasteiger partial charge >= 0.3 is 0 Å². The number of aryl methyl sites for hydroxylation is 2. The smallest absolute Gasteiger partial charge is 0.0169 e. The Hall–Kier alpha value is -0.600. The molecule has 2 aromatic rings. The van der Waals surface area contributed by atoms with E-state index in [-0.39, 0.29) is 0 Å². The van der Waals surface area contributed by atoms with E-state index >= 15 is 0 Å². The normalized spacial score (nSPS) is 14.8. The Kier molecular flexibility index (Phi) is 1.77. The van der Waals surface area contributed by atoms with Gasteiger partial charge in [-0.3, -0.25) is 0 Å². The maximum atomic E-state index is 2.29. The fourth-order valence-corrected chi connectivity index (χ4v) is 3.89. The van der Waals surface area contributed by atoms with Crippen LogP contribution in [0.3, 0.4) is 0 Å². The van der Waals surface area contributed by atoms with Gasteiger partial charge in [-0.1, -0.05) is 0 Å². The van der Waals surface area contributed by atoms with Gasteiger partial charge in [-0.15, -0.1) is 22.7 Å². The van der Waals surface area contributed by atoms with Crippen LogP contribution in [0.2, 0.25) is 0 Å². The first-order chi connectivity index (χ1) is 6.43. The molecular weight excluding hydrogens is 196 g/mol. The minimum Gasteiger partial charge on any atom is -0.148 e. The van der Waals surface area contributed by atoms with Crippen LogP contribution >= 0.6 is 22.7 Å². The molecule has 1 aliphatic carbocycles. The third kappa shape index (κ3) is 1.25. The molecule has 13 heavy (non-hydrogen) atoms. The molecule has 1 aliphatic rings. The summed E-state index contributed by atoms with van der Waals surface area (Å²) >= 11 is 3.82. The third-order valence-electron chi connectivity index (χ3n) is 2.66.